The Kier molecular flexibility index (Phi) is 2.99. The summed E-state index contributed by atoms with van der Waals surface area (Å²) in [7, 11) is -4.18. The van der Waals surface area contributed by atoms with E-state index in [0.29, 0.717) is 14.2 Å². The molecule has 0 saturated heterocycles. The number of aromatic hydroxyl groups is 1. The molecular weight excluding hydrogens is 367 g/mol. The molecule has 0 spiro atoms. The van der Waals surface area contributed by atoms with Crippen LogP contribution in [0.15, 0.2) is 40.8 Å². The largest absolute Gasteiger partial charge is 0.506 e. The first-order valence-electron chi connectivity index (χ1n) is 5.63. The zero-order chi connectivity index (χ0) is 15.4. The lowest BCUT2D eigenvalue weighted by Gasteiger charge is -2.17. The highest BCUT2D eigenvalue weighted by Gasteiger charge is 2.33. The number of fused-ring (bicyclic) bond motifs is 1. The second-order valence-electron chi connectivity index (χ2n) is 4.34. The molecule has 0 fully saturated rings. The van der Waals surface area contributed by atoms with Crippen molar-refractivity contribution in [2.45, 2.75) is 0 Å². The maximum Gasteiger partial charge on any atom is 0.330 e. The van der Waals surface area contributed by atoms with E-state index in [2.05, 4.69) is 15.9 Å². The van der Waals surface area contributed by atoms with Gasteiger partial charge in [-0.15, -0.1) is 0 Å². The fourth-order valence-corrected chi connectivity index (χ4v) is 3.51. The number of hydrogen-bond donors (Lipinski definition) is 3. The highest BCUT2D eigenvalue weighted by atomic mass is 79.9. The van der Waals surface area contributed by atoms with Crippen LogP contribution in [-0.2, 0) is 10.2 Å². The van der Waals surface area contributed by atoms with Crippen LogP contribution in [0, 0.1) is 5.82 Å². The quantitative estimate of drug-likeness (QED) is 0.714. The van der Waals surface area contributed by atoms with Crippen molar-refractivity contribution in [2.75, 3.05) is 4.31 Å². The Bertz CT molecular complexity index is 898. The van der Waals surface area contributed by atoms with E-state index in [1.54, 1.807) is 16.9 Å². The lowest BCUT2D eigenvalue weighted by molar-refractivity contribution is 0.392. The molecule has 0 unspecified atom stereocenters. The Morgan fingerprint density at radius 1 is 1.24 bits per heavy atom. The average Bonchev–Trinajstić information content (AvgIpc) is 2.64. The van der Waals surface area contributed by atoms with Crippen LogP contribution >= 0.6 is 15.9 Å². The highest BCUT2D eigenvalue weighted by Crippen LogP contribution is 2.39. The number of anilines is 1. The molecule has 2 aromatic carbocycles. The second-order valence-corrected chi connectivity index (χ2v) is 6.80. The van der Waals surface area contributed by atoms with E-state index in [0.717, 1.165) is 6.20 Å². The Balaban J connectivity index is 2.33. The van der Waals surface area contributed by atoms with Gasteiger partial charge in [0.25, 0.3) is 0 Å². The molecule has 0 aromatic heterocycles. The molecule has 0 bridgehead atoms. The third-order valence-corrected chi connectivity index (χ3v) is 4.71. The fraction of sp³-hybridized carbons (Fsp3) is 0. The van der Waals surface area contributed by atoms with Gasteiger partial charge < -0.3 is 10.2 Å². The molecule has 21 heavy (non-hydrogen) atoms. The Hall–Kier alpha value is -2.00. The molecule has 1 aliphatic heterocycles. The summed E-state index contributed by atoms with van der Waals surface area (Å²) in [4.78, 5) is 0. The topological polar surface area (TPSA) is 89.9 Å². The minimum atomic E-state index is -4.18. The molecule has 0 atom stereocenters. The number of nitrogens with zero attached hydrogens (tertiary/aromatic N) is 1. The van der Waals surface area contributed by atoms with Gasteiger partial charge in [-0.1, -0.05) is 22.0 Å². The van der Waals surface area contributed by atoms with Gasteiger partial charge in [-0.25, -0.2) is 13.4 Å². The van der Waals surface area contributed by atoms with Gasteiger partial charge in [0, 0.05) is 9.86 Å². The van der Waals surface area contributed by atoms with Gasteiger partial charge in [0.05, 0.1) is 6.20 Å². The van der Waals surface area contributed by atoms with Gasteiger partial charge in [-0.3, -0.25) is 0 Å². The molecule has 3 N–H and O–H groups in total. The number of aliphatic hydroxyl groups is 1. The molecule has 0 radical (unpaired) electrons. The van der Waals surface area contributed by atoms with Crippen molar-refractivity contribution in [3.8, 4) is 5.75 Å². The van der Waals surface area contributed by atoms with E-state index in [-0.39, 0.29) is 5.39 Å². The van der Waals surface area contributed by atoms with E-state index in [4.69, 9.17) is 0 Å². The lowest BCUT2D eigenvalue weighted by atomic mass is 10.1. The molecule has 1 aliphatic rings. The molecule has 9 heteroatoms. The van der Waals surface area contributed by atoms with Crippen LogP contribution in [0.25, 0.3) is 10.8 Å². The monoisotopic (exact) mass is 374 g/mol. The van der Waals surface area contributed by atoms with Crippen molar-refractivity contribution < 1.29 is 23.0 Å². The number of benzene rings is 2. The minimum absolute atomic E-state index is 0.132. The predicted molar refractivity (Wildman–Crippen MR) is 78.5 cm³/mol. The van der Waals surface area contributed by atoms with E-state index >= 15 is 0 Å². The number of phenols is 1. The Labute approximate surface area is 127 Å². The van der Waals surface area contributed by atoms with Crippen LogP contribution < -0.4 is 9.03 Å². The van der Waals surface area contributed by atoms with Crippen LogP contribution in [-0.4, -0.2) is 18.6 Å². The first-order chi connectivity index (χ1) is 9.79. The van der Waals surface area contributed by atoms with Gasteiger partial charge in [-0.05, 0) is 23.6 Å². The standard InChI is InChI=1S/C12H8BrFN2O4S/c13-7-2-1-6-3-9(17)12(11(14)8(6)4-7)16-5-10(18)15-21(16,19)20/h1-5,15,17-18H. The number of aliphatic hydroxyl groups excluding tert-OH is 1. The molecule has 0 aliphatic carbocycles. The Morgan fingerprint density at radius 3 is 2.57 bits per heavy atom. The van der Waals surface area contributed by atoms with Gasteiger partial charge in [0.2, 0.25) is 5.88 Å². The highest BCUT2D eigenvalue weighted by molar-refractivity contribution is 9.10. The van der Waals surface area contributed by atoms with E-state index in [1.807, 2.05) is 0 Å². The van der Waals surface area contributed by atoms with Crippen LogP contribution in [0.5, 0.6) is 5.75 Å². The van der Waals surface area contributed by atoms with Crippen LogP contribution in [0.2, 0.25) is 0 Å². The van der Waals surface area contributed by atoms with E-state index in [1.165, 1.54) is 12.1 Å². The summed E-state index contributed by atoms with van der Waals surface area (Å²) in [6, 6.07) is 5.96. The number of rotatable bonds is 1. The van der Waals surface area contributed by atoms with E-state index in [9.17, 15) is 23.0 Å². The SMILES string of the molecule is O=S1(=O)NC(O)=CN1c1c(O)cc2ccc(Br)cc2c1F. The first kappa shape index (κ1) is 14.0. The van der Waals surface area contributed by atoms with E-state index < -0.39 is 33.3 Å². The third kappa shape index (κ3) is 2.18. The number of nitrogens with one attached hydrogen (secondary N) is 1. The summed E-state index contributed by atoms with van der Waals surface area (Å²) >= 11 is 3.20. The van der Waals surface area contributed by atoms with Gasteiger partial charge in [0.1, 0.15) is 11.4 Å². The maximum atomic E-state index is 14.6. The lowest BCUT2D eigenvalue weighted by Crippen LogP contribution is -2.30. The molecule has 2 aromatic rings. The van der Waals surface area contributed by atoms with Crippen LogP contribution in [0.1, 0.15) is 0 Å². The minimum Gasteiger partial charge on any atom is -0.506 e. The zero-order valence-corrected chi connectivity index (χ0v) is 12.6. The summed E-state index contributed by atoms with van der Waals surface area (Å²) in [5.74, 6) is -2.13. The van der Waals surface area contributed by atoms with Crippen LogP contribution in [0.4, 0.5) is 10.1 Å². The molecule has 1 heterocycles. The normalized spacial score (nSPS) is 16.9. The molecule has 0 saturated carbocycles. The summed E-state index contributed by atoms with van der Waals surface area (Å²) in [6.07, 6.45) is 0.775. The van der Waals surface area contributed by atoms with Crippen molar-refractivity contribution in [3.63, 3.8) is 0 Å². The predicted octanol–water partition coefficient (Wildman–Crippen LogP) is 2.46. The van der Waals surface area contributed by atoms with Crippen molar-refractivity contribution in [2.24, 2.45) is 0 Å². The smallest absolute Gasteiger partial charge is 0.330 e. The fourth-order valence-electron chi connectivity index (χ4n) is 2.08. The third-order valence-electron chi connectivity index (χ3n) is 2.95. The summed E-state index contributed by atoms with van der Waals surface area (Å²) in [6.45, 7) is 0. The second kappa shape index (κ2) is 4.50. The molecular formula is C12H8BrFN2O4S. The summed E-state index contributed by atoms with van der Waals surface area (Å²) < 4.78 is 41.0. The Morgan fingerprint density at radius 2 is 1.95 bits per heavy atom. The average molecular weight is 375 g/mol. The van der Waals surface area contributed by atoms with Gasteiger partial charge in [-0.2, -0.15) is 8.42 Å². The maximum absolute atomic E-state index is 14.6. The van der Waals surface area contributed by atoms with Gasteiger partial charge in [0.15, 0.2) is 5.82 Å². The molecule has 3 rings (SSSR count). The zero-order valence-electron chi connectivity index (χ0n) is 10.2. The first-order valence-corrected chi connectivity index (χ1v) is 7.86. The number of halogens is 2. The molecule has 110 valence electrons. The van der Waals surface area contributed by atoms with Gasteiger partial charge >= 0.3 is 10.2 Å². The molecule has 0 amide bonds. The summed E-state index contributed by atoms with van der Waals surface area (Å²) in [5, 5.41) is 19.7. The van der Waals surface area contributed by atoms with Crippen molar-refractivity contribution in [1.29, 1.82) is 0 Å². The number of hydrogen-bond acceptors (Lipinski definition) is 4. The van der Waals surface area contributed by atoms with Crippen molar-refractivity contribution >= 4 is 42.6 Å². The van der Waals surface area contributed by atoms with Crippen molar-refractivity contribution in [1.82, 2.24) is 4.72 Å². The van der Waals surface area contributed by atoms with Crippen molar-refractivity contribution in [3.05, 3.63) is 46.6 Å². The number of phenolic OH excluding ortho intramolecular Hbond substituents is 1. The van der Waals surface area contributed by atoms with Crippen LogP contribution in [0.3, 0.4) is 0 Å². The summed E-state index contributed by atoms with van der Waals surface area (Å²) in [5.41, 5.74) is -0.558. The molecule has 6 nitrogen and oxygen atoms in total.